The van der Waals surface area contributed by atoms with Crippen LogP contribution in [0.4, 0.5) is 4.79 Å². The number of esters is 1. The van der Waals surface area contributed by atoms with Gasteiger partial charge in [0.2, 0.25) is 0 Å². The van der Waals surface area contributed by atoms with Crippen LogP contribution in [0.2, 0.25) is 0 Å². The zero-order chi connectivity index (χ0) is 15.1. The Morgan fingerprint density at radius 1 is 1.50 bits per heavy atom. The summed E-state index contributed by atoms with van der Waals surface area (Å²) in [5, 5.41) is 20.4. The lowest BCUT2D eigenvalue weighted by Crippen LogP contribution is -2.56. The molecule has 0 aromatic heterocycles. The summed E-state index contributed by atoms with van der Waals surface area (Å²) >= 11 is 0. The number of hydrogen-bond acceptors (Lipinski definition) is 6. The Hall–Kier alpha value is -1.87. The van der Waals surface area contributed by atoms with Crippen LogP contribution in [0.1, 0.15) is 6.42 Å². The second-order valence-corrected chi connectivity index (χ2v) is 4.23. The lowest BCUT2D eigenvalue weighted by Gasteiger charge is -2.35. The first-order chi connectivity index (χ1) is 9.49. The Labute approximate surface area is 115 Å². The minimum atomic E-state index is -1.38. The number of urea groups is 1. The largest absolute Gasteiger partial charge is 0.480 e. The summed E-state index contributed by atoms with van der Waals surface area (Å²) in [7, 11) is 1.13. The van der Waals surface area contributed by atoms with E-state index in [-0.39, 0.29) is 19.8 Å². The molecule has 2 atom stereocenters. The van der Waals surface area contributed by atoms with Crippen molar-refractivity contribution in [1.82, 2.24) is 10.2 Å². The standard InChI is InChI=1S/C11H18N2O7/c1-19-9(15)4-8(10(16)17)12-11(18)13-2-3-20-6-7(13)5-14/h7-8,14H,2-6H2,1H3,(H,12,18)(H,16,17)/t7?,8-/m0/s1. The molecular formula is C11H18N2O7. The van der Waals surface area contributed by atoms with E-state index in [4.69, 9.17) is 14.9 Å². The number of aliphatic hydroxyl groups excluding tert-OH is 1. The Balaban J connectivity index is 2.64. The van der Waals surface area contributed by atoms with Gasteiger partial charge in [0.1, 0.15) is 6.04 Å². The van der Waals surface area contributed by atoms with Crippen molar-refractivity contribution in [3.63, 3.8) is 0 Å². The number of ether oxygens (including phenoxy) is 2. The fraction of sp³-hybridized carbons (Fsp3) is 0.727. The Morgan fingerprint density at radius 3 is 2.75 bits per heavy atom. The van der Waals surface area contributed by atoms with Crippen molar-refractivity contribution in [3.05, 3.63) is 0 Å². The van der Waals surface area contributed by atoms with Gasteiger partial charge in [0.25, 0.3) is 0 Å². The highest BCUT2D eigenvalue weighted by Crippen LogP contribution is 2.07. The number of rotatable bonds is 5. The summed E-state index contributed by atoms with van der Waals surface area (Å²) in [6.07, 6.45) is -0.467. The maximum atomic E-state index is 12.0. The number of carboxylic acids is 1. The Bertz CT molecular complexity index is 374. The predicted molar refractivity (Wildman–Crippen MR) is 65.0 cm³/mol. The third kappa shape index (κ3) is 4.35. The van der Waals surface area contributed by atoms with Crippen molar-refractivity contribution < 1.29 is 34.1 Å². The average Bonchev–Trinajstić information content (AvgIpc) is 2.45. The van der Waals surface area contributed by atoms with Crippen molar-refractivity contribution in [2.45, 2.75) is 18.5 Å². The van der Waals surface area contributed by atoms with Crippen LogP contribution in [-0.2, 0) is 19.1 Å². The summed E-state index contributed by atoms with van der Waals surface area (Å²) in [5.41, 5.74) is 0. The molecule has 0 bridgehead atoms. The van der Waals surface area contributed by atoms with Crippen LogP contribution in [0.3, 0.4) is 0 Å². The monoisotopic (exact) mass is 290 g/mol. The van der Waals surface area contributed by atoms with E-state index in [9.17, 15) is 14.4 Å². The highest BCUT2D eigenvalue weighted by atomic mass is 16.5. The SMILES string of the molecule is COC(=O)C[C@H](NC(=O)N1CCOCC1CO)C(=O)O. The van der Waals surface area contributed by atoms with E-state index in [0.717, 1.165) is 7.11 Å². The van der Waals surface area contributed by atoms with Gasteiger partial charge in [0.05, 0.1) is 39.4 Å². The number of carboxylic acid groups (broad SMARTS) is 1. The predicted octanol–water partition coefficient (Wildman–Crippen LogP) is -1.59. The molecule has 1 rings (SSSR count). The molecular weight excluding hydrogens is 272 g/mol. The number of amides is 2. The Morgan fingerprint density at radius 2 is 2.20 bits per heavy atom. The molecule has 1 unspecified atom stereocenters. The summed E-state index contributed by atoms with van der Waals surface area (Å²) in [5.74, 6) is -2.07. The second kappa shape index (κ2) is 7.65. The van der Waals surface area contributed by atoms with E-state index in [1.807, 2.05) is 0 Å². The van der Waals surface area contributed by atoms with Crippen molar-refractivity contribution in [1.29, 1.82) is 0 Å². The van der Waals surface area contributed by atoms with Crippen LogP contribution in [0.5, 0.6) is 0 Å². The molecule has 20 heavy (non-hydrogen) atoms. The molecule has 1 heterocycles. The van der Waals surface area contributed by atoms with Gasteiger partial charge in [-0.15, -0.1) is 0 Å². The number of hydrogen-bond donors (Lipinski definition) is 3. The molecule has 0 aromatic rings. The first-order valence-electron chi connectivity index (χ1n) is 6.05. The highest BCUT2D eigenvalue weighted by Gasteiger charge is 2.31. The molecule has 1 aliphatic heterocycles. The molecule has 2 amide bonds. The molecule has 114 valence electrons. The highest BCUT2D eigenvalue weighted by molar-refractivity contribution is 5.86. The quantitative estimate of drug-likeness (QED) is 0.521. The second-order valence-electron chi connectivity index (χ2n) is 4.23. The van der Waals surface area contributed by atoms with Gasteiger partial charge < -0.3 is 29.9 Å². The zero-order valence-electron chi connectivity index (χ0n) is 11.1. The molecule has 0 aliphatic carbocycles. The molecule has 0 radical (unpaired) electrons. The number of nitrogens with one attached hydrogen (secondary N) is 1. The van der Waals surface area contributed by atoms with E-state index in [0.29, 0.717) is 6.61 Å². The molecule has 9 heteroatoms. The van der Waals surface area contributed by atoms with Gasteiger partial charge in [-0.25, -0.2) is 9.59 Å². The summed E-state index contributed by atoms with van der Waals surface area (Å²) in [6.45, 7) is 0.432. The van der Waals surface area contributed by atoms with Gasteiger partial charge in [-0.3, -0.25) is 4.79 Å². The smallest absolute Gasteiger partial charge is 0.326 e. The van der Waals surface area contributed by atoms with E-state index >= 15 is 0 Å². The van der Waals surface area contributed by atoms with Crippen LogP contribution in [0.15, 0.2) is 0 Å². The van der Waals surface area contributed by atoms with Crippen LogP contribution in [0.25, 0.3) is 0 Å². The third-order valence-corrected chi connectivity index (χ3v) is 2.89. The van der Waals surface area contributed by atoms with Crippen molar-refractivity contribution in [2.75, 3.05) is 33.5 Å². The topological polar surface area (TPSA) is 125 Å². The number of carbonyl (C=O) groups excluding carboxylic acids is 2. The Kier molecular flexibility index (Phi) is 6.19. The van der Waals surface area contributed by atoms with Gasteiger partial charge >= 0.3 is 18.0 Å². The lowest BCUT2D eigenvalue weighted by molar-refractivity contribution is -0.147. The minimum Gasteiger partial charge on any atom is -0.480 e. The normalized spacial score (nSPS) is 20.1. The number of nitrogens with zero attached hydrogens (tertiary/aromatic N) is 1. The molecule has 3 N–H and O–H groups in total. The number of aliphatic carboxylic acids is 1. The zero-order valence-corrected chi connectivity index (χ0v) is 11.1. The number of morpholine rings is 1. The van der Waals surface area contributed by atoms with Crippen LogP contribution < -0.4 is 5.32 Å². The number of aliphatic hydroxyl groups is 1. The van der Waals surface area contributed by atoms with Crippen LogP contribution in [-0.4, -0.2) is 78.6 Å². The van der Waals surface area contributed by atoms with Gasteiger partial charge in [-0.1, -0.05) is 0 Å². The maximum absolute atomic E-state index is 12.0. The molecule has 1 saturated heterocycles. The lowest BCUT2D eigenvalue weighted by atomic mass is 10.2. The molecule has 0 spiro atoms. The van der Waals surface area contributed by atoms with Gasteiger partial charge in [-0.05, 0) is 0 Å². The molecule has 9 nitrogen and oxygen atoms in total. The fourth-order valence-corrected chi connectivity index (χ4v) is 1.76. The summed E-state index contributed by atoms with van der Waals surface area (Å²) in [6, 6.07) is -2.57. The van der Waals surface area contributed by atoms with Crippen molar-refractivity contribution >= 4 is 18.0 Å². The minimum absolute atomic E-state index is 0.179. The van der Waals surface area contributed by atoms with E-state index in [1.165, 1.54) is 4.90 Å². The third-order valence-electron chi connectivity index (χ3n) is 2.89. The van der Waals surface area contributed by atoms with Crippen LogP contribution in [0, 0.1) is 0 Å². The summed E-state index contributed by atoms with van der Waals surface area (Å²) in [4.78, 5) is 35.4. The number of methoxy groups -OCH3 is 1. The van der Waals surface area contributed by atoms with Gasteiger partial charge in [0.15, 0.2) is 0 Å². The molecule has 0 saturated carbocycles. The average molecular weight is 290 g/mol. The van der Waals surface area contributed by atoms with E-state index in [2.05, 4.69) is 10.1 Å². The molecule has 1 fully saturated rings. The van der Waals surface area contributed by atoms with Crippen molar-refractivity contribution in [2.24, 2.45) is 0 Å². The van der Waals surface area contributed by atoms with E-state index in [1.54, 1.807) is 0 Å². The fourth-order valence-electron chi connectivity index (χ4n) is 1.76. The van der Waals surface area contributed by atoms with Gasteiger partial charge in [-0.2, -0.15) is 0 Å². The first kappa shape index (κ1) is 16.2. The van der Waals surface area contributed by atoms with Crippen molar-refractivity contribution in [3.8, 4) is 0 Å². The maximum Gasteiger partial charge on any atom is 0.326 e. The van der Waals surface area contributed by atoms with Gasteiger partial charge in [0, 0.05) is 6.54 Å². The molecule has 0 aromatic carbocycles. The summed E-state index contributed by atoms with van der Waals surface area (Å²) < 4.78 is 9.49. The molecule has 1 aliphatic rings. The first-order valence-corrected chi connectivity index (χ1v) is 6.05. The van der Waals surface area contributed by atoms with Crippen LogP contribution >= 0.6 is 0 Å². The number of carbonyl (C=O) groups is 3. The van der Waals surface area contributed by atoms with E-state index < -0.39 is 36.5 Å².